The van der Waals surface area contributed by atoms with Crippen molar-refractivity contribution in [3.63, 3.8) is 0 Å². The molecule has 0 spiro atoms. The number of para-hydroxylation sites is 4. The lowest BCUT2D eigenvalue weighted by molar-refractivity contribution is 0.195. The van der Waals surface area contributed by atoms with Crippen LogP contribution < -0.4 is 21.3 Å². The standard InChI is InChI=1S/2C34H43N5O/c2*40-24-23-39(21-9-19-35-33-25-11-1-5-15-29(25)37-30-16-6-2-12-26(30)33)22-10-20-36-34-27-13-3-7-17-31(27)38-32-18-8-4-14-28(32)34/h2*1,3,5,7,11,13,15,17,40H,2,4,6,8-10,12,14,16,18-24H2,(H,35,37)(H,36,38). The summed E-state index contributed by atoms with van der Waals surface area (Å²) in [6.45, 7) is 9.47. The summed E-state index contributed by atoms with van der Waals surface area (Å²) < 4.78 is 0. The molecule has 0 aliphatic heterocycles. The molecule has 4 aliphatic carbocycles. The van der Waals surface area contributed by atoms with E-state index in [9.17, 15) is 10.2 Å². The highest BCUT2D eigenvalue weighted by Gasteiger charge is 2.22. The Labute approximate surface area is 474 Å². The van der Waals surface area contributed by atoms with E-state index in [1.54, 1.807) is 0 Å². The number of pyridine rings is 4. The Morgan fingerprint density at radius 1 is 0.312 bits per heavy atom. The molecule has 0 fully saturated rings. The average molecular weight is 1080 g/mol. The number of nitrogens with zero attached hydrogens (tertiary/aromatic N) is 6. The number of nitrogens with one attached hydrogen (secondary N) is 4. The molecule has 6 N–H and O–H groups in total. The SMILES string of the molecule is OCCN(CCCNc1c2c(nc3ccccc13)CCCC2)CCCNc1c2c(nc3ccccc13)CCCC2.OCCN(CCCNc1c2c(nc3ccccc13)CCCC2)CCCNc1c2c(nc3ccccc13)CCCC2. The molecule has 12 heteroatoms. The first-order chi connectivity index (χ1) is 39.6. The van der Waals surface area contributed by atoms with Gasteiger partial charge in [0.25, 0.3) is 0 Å². The molecule has 4 aliphatic rings. The fraction of sp³-hybridized carbons (Fsp3) is 0.471. The van der Waals surface area contributed by atoms with Crippen molar-refractivity contribution in [3.8, 4) is 0 Å². The van der Waals surface area contributed by atoms with Crippen molar-refractivity contribution < 1.29 is 10.2 Å². The first-order valence-electron chi connectivity index (χ1n) is 30.9. The van der Waals surface area contributed by atoms with Gasteiger partial charge in [0, 0.05) is 106 Å². The van der Waals surface area contributed by atoms with Gasteiger partial charge >= 0.3 is 0 Å². The predicted octanol–water partition coefficient (Wildman–Crippen LogP) is 12.3. The van der Waals surface area contributed by atoms with Crippen LogP contribution in [0.4, 0.5) is 22.7 Å². The second-order valence-corrected chi connectivity index (χ2v) is 22.8. The Morgan fingerprint density at radius 3 is 0.800 bits per heavy atom. The summed E-state index contributed by atoms with van der Waals surface area (Å²) >= 11 is 0. The van der Waals surface area contributed by atoms with Gasteiger partial charge in [-0.05, 0) is 201 Å². The molecule has 0 atom stereocenters. The number of rotatable bonds is 24. The van der Waals surface area contributed by atoms with Crippen LogP contribution in [0.2, 0.25) is 0 Å². The largest absolute Gasteiger partial charge is 0.395 e. The van der Waals surface area contributed by atoms with Crippen LogP contribution in [0.25, 0.3) is 43.6 Å². The Hall–Kier alpha value is -6.44. The summed E-state index contributed by atoms with van der Waals surface area (Å²) in [5.41, 5.74) is 20.4. The third-order valence-electron chi connectivity index (χ3n) is 17.3. The fourth-order valence-electron chi connectivity index (χ4n) is 13.3. The third-order valence-corrected chi connectivity index (χ3v) is 17.3. The molecule has 0 saturated carbocycles. The number of anilines is 4. The van der Waals surface area contributed by atoms with Crippen LogP contribution in [0.5, 0.6) is 0 Å². The van der Waals surface area contributed by atoms with Gasteiger partial charge in [-0.25, -0.2) is 0 Å². The number of hydrogen-bond acceptors (Lipinski definition) is 12. The summed E-state index contributed by atoms with van der Waals surface area (Å²) in [4.78, 5) is 24.7. The van der Waals surface area contributed by atoms with E-state index in [0.29, 0.717) is 0 Å². The fourth-order valence-corrected chi connectivity index (χ4v) is 13.3. The number of fused-ring (bicyclic) bond motifs is 8. The van der Waals surface area contributed by atoms with E-state index in [2.05, 4.69) is 128 Å². The molecular weight excluding hydrogens is 989 g/mol. The minimum Gasteiger partial charge on any atom is -0.395 e. The van der Waals surface area contributed by atoms with Gasteiger partial charge in [-0.1, -0.05) is 72.8 Å². The molecule has 8 aromatic rings. The lowest BCUT2D eigenvalue weighted by Crippen LogP contribution is -2.31. The van der Waals surface area contributed by atoms with Gasteiger partial charge in [0.1, 0.15) is 0 Å². The number of aryl methyl sites for hydroxylation is 4. The topological polar surface area (TPSA) is 147 Å². The van der Waals surface area contributed by atoms with E-state index < -0.39 is 0 Å². The zero-order chi connectivity index (χ0) is 54.3. The second kappa shape index (κ2) is 27.8. The van der Waals surface area contributed by atoms with Crippen molar-refractivity contribution >= 4 is 66.4 Å². The Morgan fingerprint density at radius 2 is 0.550 bits per heavy atom. The van der Waals surface area contributed by atoms with E-state index in [1.165, 1.54) is 141 Å². The summed E-state index contributed by atoms with van der Waals surface area (Å²) in [6, 6.07) is 34.2. The molecule has 0 bridgehead atoms. The first kappa shape index (κ1) is 55.5. The molecule has 12 rings (SSSR count). The Kier molecular flexibility index (Phi) is 19.3. The monoisotopic (exact) mass is 1070 g/mol. The van der Waals surface area contributed by atoms with Crippen LogP contribution in [0.15, 0.2) is 97.1 Å². The van der Waals surface area contributed by atoms with E-state index in [4.69, 9.17) is 19.9 Å². The van der Waals surface area contributed by atoms with Crippen molar-refractivity contribution in [3.05, 3.63) is 142 Å². The summed E-state index contributed by atoms with van der Waals surface area (Å²) in [5.74, 6) is 0. The molecule has 0 radical (unpaired) electrons. The molecule has 420 valence electrons. The number of aromatic nitrogens is 4. The van der Waals surface area contributed by atoms with Crippen LogP contribution in [-0.4, -0.2) is 119 Å². The molecule has 80 heavy (non-hydrogen) atoms. The van der Waals surface area contributed by atoms with Crippen molar-refractivity contribution in [2.75, 3.05) is 99.9 Å². The summed E-state index contributed by atoms with van der Waals surface area (Å²) in [7, 11) is 0. The number of benzene rings is 4. The molecule has 0 amide bonds. The van der Waals surface area contributed by atoms with E-state index in [0.717, 1.165) is 165 Å². The maximum atomic E-state index is 9.72. The first-order valence-corrected chi connectivity index (χ1v) is 30.9. The smallest absolute Gasteiger partial charge is 0.0726 e. The molecule has 4 heterocycles. The highest BCUT2D eigenvalue weighted by Crippen LogP contribution is 2.37. The Balaban J connectivity index is 0.000000169. The quantitative estimate of drug-likeness (QED) is 0.0320. The number of aliphatic hydroxyl groups excluding tert-OH is 2. The van der Waals surface area contributed by atoms with Crippen LogP contribution in [0.1, 0.15) is 122 Å². The van der Waals surface area contributed by atoms with Crippen LogP contribution in [-0.2, 0) is 51.4 Å². The number of hydrogen-bond donors (Lipinski definition) is 6. The van der Waals surface area contributed by atoms with Crippen molar-refractivity contribution in [2.24, 2.45) is 0 Å². The van der Waals surface area contributed by atoms with Crippen LogP contribution in [0.3, 0.4) is 0 Å². The van der Waals surface area contributed by atoms with Crippen molar-refractivity contribution in [1.29, 1.82) is 0 Å². The third kappa shape index (κ3) is 13.3. The molecule has 0 saturated heterocycles. The van der Waals surface area contributed by atoms with E-state index >= 15 is 0 Å². The lowest BCUT2D eigenvalue weighted by Gasteiger charge is -2.24. The van der Waals surface area contributed by atoms with Crippen molar-refractivity contribution in [2.45, 2.75) is 128 Å². The molecule has 0 unspecified atom stereocenters. The summed E-state index contributed by atoms with van der Waals surface area (Å²) in [6.07, 6.45) is 23.0. The highest BCUT2D eigenvalue weighted by molar-refractivity contribution is 5.96. The van der Waals surface area contributed by atoms with E-state index in [1.807, 2.05) is 0 Å². The van der Waals surface area contributed by atoms with Crippen LogP contribution in [0, 0.1) is 0 Å². The van der Waals surface area contributed by atoms with Gasteiger partial charge in [0.2, 0.25) is 0 Å². The van der Waals surface area contributed by atoms with Gasteiger partial charge in [0.05, 0.1) is 35.3 Å². The maximum absolute atomic E-state index is 9.72. The molecule has 4 aromatic carbocycles. The zero-order valence-corrected chi connectivity index (χ0v) is 47.4. The van der Waals surface area contributed by atoms with Gasteiger partial charge in [-0.15, -0.1) is 0 Å². The Bertz CT molecular complexity index is 2910. The normalized spacial score (nSPS) is 14.8. The van der Waals surface area contributed by atoms with Gasteiger partial charge in [-0.3, -0.25) is 19.9 Å². The second-order valence-electron chi connectivity index (χ2n) is 22.8. The zero-order valence-electron chi connectivity index (χ0n) is 47.4. The van der Waals surface area contributed by atoms with Crippen LogP contribution >= 0.6 is 0 Å². The minimum absolute atomic E-state index is 0.200. The molecule has 4 aromatic heterocycles. The average Bonchev–Trinajstić information content (AvgIpc) is 3.51. The molecular formula is C68H86N10O2. The van der Waals surface area contributed by atoms with E-state index in [-0.39, 0.29) is 13.2 Å². The van der Waals surface area contributed by atoms with Gasteiger partial charge in [-0.2, -0.15) is 0 Å². The van der Waals surface area contributed by atoms with Gasteiger partial charge < -0.3 is 41.3 Å². The minimum atomic E-state index is 0.200. The predicted molar refractivity (Wildman–Crippen MR) is 333 cm³/mol. The van der Waals surface area contributed by atoms with Crippen molar-refractivity contribution in [1.82, 2.24) is 29.7 Å². The number of aliphatic hydroxyl groups is 2. The highest BCUT2D eigenvalue weighted by atomic mass is 16.3. The molecule has 12 nitrogen and oxygen atoms in total. The summed E-state index contributed by atoms with van der Waals surface area (Å²) in [5, 5.41) is 39.6. The van der Waals surface area contributed by atoms with Gasteiger partial charge in [0.15, 0.2) is 0 Å². The lowest BCUT2D eigenvalue weighted by atomic mass is 9.92. The maximum Gasteiger partial charge on any atom is 0.0726 e.